The van der Waals surface area contributed by atoms with Crippen LogP contribution in [-0.2, 0) is 0 Å². The maximum Gasteiger partial charge on any atom is 0.391 e. The van der Waals surface area contributed by atoms with Crippen LogP contribution in [0.25, 0.3) is 0 Å². The van der Waals surface area contributed by atoms with Crippen LogP contribution in [0.15, 0.2) is 53.0 Å². The zero-order valence-corrected chi connectivity index (χ0v) is 13.0. The Kier molecular flexibility index (Phi) is 4.93. The molecule has 0 aliphatic carbocycles. The normalized spacial score (nSPS) is 13.0. The molecule has 0 saturated carbocycles. The summed E-state index contributed by atoms with van der Waals surface area (Å²) in [4.78, 5) is 0. The van der Waals surface area contributed by atoms with Gasteiger partial charge in [-0.05, 0) is 30.2 Å². The molecule has 0 amide bonds. The summed E-state index contributed by atoms with van der Waals surface area (Å²) in [5.74, 6) is 0. The van der Waals surface area contributed by atoms with Gasteiger partial charge in [-0.25, -0.2) is 0 Å². The molecule has 2 aromatic carbocycles. The van der Waals surface area contributed by atoms with Crippen molar-refractivity contribution >= 4 is 21.6 Å². The standard InChI is InChI=1S/C16H15BrF3N/c1-11-13(17)8-5-9-14(11)21-15(10-16(18,19)20)12-6-3-2-4-7-12/h2-9,15,21H,10H2,1H3. The zero-order chi connectivity index (χ0) is 15.5. The largest absolute Gasteiger partial charge is 0.391 e. The van der Waals surface area contributed by atoms with Crippen molar-refractivity contribution in [1.82, 2.24) is 0 Å². The number of halogens is 4. The van der Waals surface area contributed by atoms with Gasteiger partial charge in [0, 0.05) is 10.2 Å². The summed E-state index contributed by atoms with van der Waals surface area (Å²) in [6.07, 6.45) is -5.14. The van der Waals surface area contributed by atoms with Crippen LogP contribution in [0.4, 0.5) is 18.9 Å². The van der Waals surface area contributed by atoms with Crippen LogP contribution in [-0.4, -0.2) is 6.18 Å². The Morgan fingerprint density at radius 2 is 1.71 bits per heavy atom. The summed E-state index contributed by atoms with van der Waals surface area (Å²) in [5.41, 5.74) is 2.21. The van der Waals surface area contributed by atoms with Gasteiger partial charge in [-0.1, -0.05) is 52.3 Å². The monoisotopic (exact) mass is 357 g/mol. The van der Waals surface area contributed by atoms with Crippen molar-refractivity contribution in [3.63, 3.8) is 0 Å². The van der Waals surface area contributed by atoms with Gasteiger partial charge < -0.3 is 5.32 Å². The van der Waals surface area contributed by atoms with Crippen molar-refractivity contribution in [3.8, 4) is 0 Å². The van der Waals surface area contributed by atoms with Crippen molar-refractivity contribution in [2.45, 2.75) is 25.6 Å². The second-order valence-corrected chi connectivity index (χ2v) is 5.69. The molecular formula is C16H15BrF3N. The first kappa shape index (κ1) is 15.9. The van der Waals surface area contributed by atoms with Crippen molar-refractivity contribution in [3.05, 3.63) is 64.1 Å². The molecule has 0 bridgehead atoms. The Labute approximate surface area is 130 Å². The van der Waals surface area contributed by atoms with E-state index in [2.05, 4.69) is 21.2 Å². The van der Waals surface area contributed by atoms with E-state index in [1.54, 1.807) is 42.5 Å². The molecule has 2 aromatic rings. The summed E-state index contributed by atoms with van der Waals surface area (Å²) in [7, 11) is 0. The molecule has 0 aromatic heterocycles. The van der Waals surface area contributed by atoms with Gasteiger partial charge in [0.1, 0.15) is 0 Å². The van der Waals surface area contributed by atoms with E-state index in [9.17, 15) is 13.2 Å². The van der Waals surface area contributed by atoms with Crippen molar-refractivity contribution in [2.24, 2.45) is 0 Å². The minimum atomic E-state index is -4.23. The highest BCUT2D eigenvalue weighted by Crippen LogP contribution is 2.34. The van der Waals surface area contributed by atoms with Crippen LogP contribution in [0.2, 0.25) is 0 Å². The average Bonchev–Trinajstić information content (AvgIpc) is 2.42. The number of rotatable bonds is 4. The number of nitrogens with one attached hydrogen (secondary N) is 1. The van der Waals surface area contributed by atoms with Gasteiger partial charge >= 0.3 is 6.18 Å². The summed E-state index contributed by atoms with van der Waals surface area (Å²) < 4.78 is 39.3. The van der Waals surface area contributed by atoms with E-state index in [4.69, 9.17) is 0 Å². The van der Waals surface area contributed by atoms with Crippen LogP contribution in [0.5, 0.6) is 0 Å². The van der Waals surface area contributed by atoms with Crippen LogP contribution in [0.3, 0.4) is 0 Å². The first-order valence-corrected chi connectivity index (χ1v) is 7.29. The molecule has 5 heteroatoms. The Morgan fingerprint density at radius 3 is 2.33 bits per heavy atom. The van der Waals surface area contributed by atoms with Gasteiger partial charge in [0.25, 0.3) is 0 Å². The molecule has 1 N–H and O–H groups in total. The third-order valence-electron chi connectivity index (χ3n) is 3.23. The minimum Gasteiger partial charge on any atom is -0.378 e. The molecule has 0 heterocycles. The maximum atomic E-state index is 12.8. The summed E-state index contributed by atoms with van der Waals surface area (Å²) in [5, 5.41) is 3.01. The molecule has 1 unspecified atom stereocenters. The van der Waals surface area contributed by atoms with Crippen LogP contribution in [0.1, 0.15) is 23.6 Å². The van der Waals surface area contributed by atoms with Gasteiger partial charge in [0.05, 0.1) is 12.5 Å². The Morgan fingerprint density at radius 1 is 1.05 bits per heavy atom. The lowest BCUT2D eigenvalue weighted by Crippen LogP contribution is -2.20. The predicted molar refractivity (Wildman–Crippen MR) is 82.4 cm³/mol. The topological polar surface area (TPSA) is 12.0 Å². The Hall–Kier alpha value is -1.49. The summed E-state index contributed by atoms with van der Waals surface area (Å²) >= 11 is 3.39. The smallest absolute Gasteiger partial charge is 0.378 e. The lowest BCUT2D eigenvalue weighted by atomic mass is 10.0. The Balaban J connectivity index is 2.30. The van der Waals surface area contributed by atoms with E-state index in [0.717, 1.165) is 10.0 Å². The van der Waals surface area contributed by atoms with E-state index in [0.29, 0.717) is 11.3 Å². The molecule has 112 valence electrons. The molecular weight excluding hydrogens is 343 g/mol. The highest BCUT2D eigenvalue weighted by molar-refractivity contribution is 9.10. The fraction of sp³-hybridized carbons (Fsp3) is 0.250. The van der Waals surface area contributed by atoms with Gasteiger partial charge in [-0.3, -0.25) is 0 Å². The molecule has 1 nitrogen and oxygen atoms in total. The van der Waals surface area contributed by atoms with Crippen LogP contribution in [0, 0.1) is 6.92 Å². The third-order valence-corrected chi connectivity index (χ3v) is 4.09. The van der Waals surface area contributed by atoms with Crippen LogP contribution < -0.4 is 5.32 Å². The van der Waals surface area contributed by atoms with Gasteiger partial charge in [-0.15, -0.1) is 0 Å². The molecule has 0 aliphatic rings. The lowest BCUT2D eigenvalue weighted by molar-refractivity contribution is -0.137. The number of anilines is 1. The number of hydrogen-bond donors (Lipinski definition) is 1. The van der Waals surface area contributed by atoms with Gasteiger partial charge in [-0.2, -0.15) is 13.2 Å². The molecule has 2 rings (SSSR count). The highest BCUT2D eigenvalue weighted by Gasteiger charge is 2.32. The second-order valence-electron chi connectivity index (χ2n) is 4.84. The predicted octanol–water partition coefficient (Wildman–Crippen LogP) is 5.86. The lowest BCUT2D eigenvalue weighted by Gasteiger charge is -2.23. The molecule has 0 radical (unpaired) electrons. The summed E-state index contributed by atoms with van der Waals surface area (Å²) in [6.45, 7) is 1.86. The Bertz CT molecular complexity index is 596. The molecule has 0 fully saturated rings. The van der Waals surface area contributed by atoms with Crippen molar-refractivity contribution in [2.75, 3.05) is 5.32 Å². The zero-order valence-electron chi connectivity index (χ0n) is 11.4. The fourth-order valence-corrected chi connectivity index (χ4v) is 2.49. The van der Waals surface area contributed by atoms with Gasteiger partial charge in [0.15, 0.2) is 0 Å². The average molecular weight is 358 g/mol. The van der Waals surface area contributed by atoms with Gasteiger partial charge in [0.2, 0.25) is 0 Å². The number of hydrogen-bond acceptors (Lipinski definition) is 1. The fourth-order valence-electron chi connectivity index (χ4n) is 2.12. The van der Waals surface area contributed by atoms with E-state index < -0.39 is 18.6 Å². The molecule has 21 heavy (non-hydrogen) atoms. The van der Waals surface area contributed by atoms with E-state index >= 15 is 0 Å². The van der Waals surface area contributed by atoms with Crippen molar-refractivity contribution in [1.29, 1.82) is 0 Å². The quantitative estimate of drug-likeness (QED) is 0.722. The van der Waals surface area contributed by atoms with Crippen molar-refractivity contribution < 1.29 is 13.2 Å². The SMILES string of the molecule is Cc1c(Br)cccc1NC(CC(F)(F)F)c1ccccc1. The molecule has 0 saturated heterocycles. The highest BCUT2D eigenvalue weighted by atomic mass is 79.9. The molecule has 0 spiro atoms. The van der Waals surface area contributed by atoms with Crippen LogP contribution >= 0.6 is 15.9 Å². The first-order chi connectivity index (χ1) is 9.87. The third kappa shape index (κ3) is 4.49. The second kappa shape index (κ2) is 6.52. The molecule has 0 aliphatic heterocycles. The van der Waals surface area contributed by atoms with E-state index in [-0.39, 0.29) is 0 Å². The molecule has 1 atom stereocenters. The number of alkyl halides is 3. The van der Waals surface area contributed by atoms with E-state index in [1.165, 1.54) is 0 Å². The minimum absolute atomic E-state index is 0.620. The maximum absolute atomic E-state index is 12.8. The number of benzene rings is 2. The summed E-state index contributed by atoms with van der Waals surface area (Å²) in [6, 6.07) is 13.3. The first-order valence-electron chi connectivity index (χ1n) is 6.50. The van der Waals surface area contributed by atoms with E-state index in [1.807, 2.05) is 13.0 Å².